The van der Waals surface area contributed by atoms with Crippen LogP contribution in [-0.2, 0) is 12.8 Å². The third-order valence-electron chi connectivity index (χ3n) is 4.27. The zero-order valence-corrected chi connectivity index (χ0v) is 12.1. The second-order valence-electron chi connectivity index (χ2n) is 5.47. The number of nitrogens with one attached hydrogen (secondary N) is 1. The fourth-order valence-electron chi connectivity index (χ4n) is 3.19. The van der Waals surface area contributed by atoms with Crippen LogP contribution in [0.1, 0.15) is 29.2 Å². The summed E-state index contributed by atoms with van der Waals surface area (Å²) in [7, 11) is 0. The largest absolute Gasteiger partial charge is 0.271 e. The third-order valence-corrected chi connectivity index (χ3v) is 4.52. The van der Waals surface area contributed by atoms with Gasteiger partial charge in [-0.05, 0) is 54.0 Å². The molecule has 3 heteroatoms. The van der Waals surface area contributed by atoms with E-state index in [-0.39, 0.29) is 6.04 Å². The van der Waals surface area contributed by atoms with Gasteiger partial charge in [0.25, 0.3) is 0 Å². The van der Waals surface area contributed by atoms with E-state index in [0.29, 0.717) is 5.92 Å². The van der Waals surface area contributed by atoms with Gasteiger partial charge in [0.05, 0.1) is 0 Å². The lowest BCUT2D eigenvalue weighted by molar-refractivity contribution is 0.329. The predicted octanol–water partition coefficient (Wildman–Crippen LogP) is 3.65. The number of fused-ring (bicyclic) bond motifs is 1. The van der Waals surface area contributed by atoms with Crippen LogP contribution in [0, 0.1) is 5.92 Å². The summed E-state index contributed by atoms with van der Waals surface area (Å²) in [5, 5.41) is 0.763. The molecular weight excluding hydrogens is 268 g/mol. The van der Waals surface area contributed by atoms with Crippen molar-refractivity contribution in [2.24, 2.45) is 11.8 Å². The van der Waals surface area contributed by atoms with E-state index in [0.717, 1.165) is 24.3 Å². The van der Waals surface area contributed by atoms with Crippen molar-refractivity contribution in [2.75, 3.05) is 0 Å². The van der Waals surface area contributed by atoms with Crippen LogP contribution in [0.2, 0.25) is 5.02 Å². The van der Waals surface area contributed by atoms with Crippen molar-refractivity contribution in [1.82, 2.24) is 5.43 Å². The Morgan fingerprint density at radius 1 is 1.05 bits per heavy atom. The highest BCUT2D eigenvalue weighted by atomic mass is 35.5. The van der Waals surface area contributed by atoms with Crippen molar-refractivity contribution in [1.29, 1.82) is 0 Å². The molecule has 20 heavy (non-hydrogen) atoms. The van der Waals surface area contributed by atoms with Crippen LogP contribution >= 0.6 is 11.6 Å². The molecule has 0 bridgehead atoms. The first-order chi connectivity index (χ1) is 9.78. The second-order valence-corrected chi connectivity index (χ2v) is 5.90. The van der Waals surface area contributed by atoms with Gasteiger partial charge in [0.15, 0.2) is 0 Å². The first-order valence-corrected chi connectivity index (χ1v) is 7.44. The predicted molar refractivity (Wildman–Crippen MR) is 83.5 cm³/mol. The van der Waals surface area contributed by atoms with E-state index in [4.69, 9.17) is 17.4 Å². The van der Waals surface area contributed by atoms with Crippen molar-refractivity contribution in [3.8, 4) is 0 Å². The molecule has 2 aromatic carbocycles. The lowest BCUT2D eigenvalue weighted by Gasteiger charge is -2.31. The van der Waals surface area contributed by atoms with E-state index in [1.807, 2.05) is 12.1 Å². The van der Waals surface area contributed by atoms with Gasteiger partial charge in [-0.1, -0.05) is 48.0 Å². The molecule has 0 saturated heterocycles. The van der Waals surface area contributed by atoms with Crippen LogP contribution in [0.5, 0.6) is 0 Å². The zero-order chi connectivity index (χ0) is 13.9. The number of halogens is 1. The molecule has 2 nitrogen and oxygen atoms in total. The Labute approximate surface area is 124 Å². The lowest BCUT2D eigenvalue weighted by Crippen LogP contribution is -2.36. The fraction of sp³-hybridized carbons (Fsp3) is 0.294. The summed E-state index contributed by atoms with van der Waals surface area (Å²) in [6.45, 7) is 0. The van der Waals surface area contributed by atoms with Crippen LogP contribution in [-0.4, -0.2) is 0 Å². The number of hydrogen-bond acceptors (Lipinski definition) is 2. The molecule has 2 aromatic rings. The number of nitrogens with two attached hydrogens (primary N) is 1. The molecule has 0 aromatic heterocycles. The van der Waals surface area contributed by atoms with Crippen molar-refractivity contribution in [3.63, 3.8) is 0 Å². The summed E-state index contributed by atoms with van der Waals surface area (Å²) in [4.78, 5) is 0. The molecule has 2 unspecified atom stereocenters. The molecule has 104 valence electrons. The molecule has 0 fully saturated rings. The van der Waals surface area contributed by atoms with E-state index >= 15 is 0 Å². The van der Waals surface area contributed by atoms with Crippen molar-refractivity contribution < 1.29 is 0 Å². The second kappa shape index (κ2) is 5.96. The lowest BCUT2D eigenvalue weighted by atomic mass is 9.78. The van der Waals surface area contributed by atoms with Crippen LogP contribution < -0.4 is 11.3 Å². The highest BCUT2D eigenvalue weighted by Crippen LogP contribution is 2.34. The third kappa shape index (κ3) is 2.73. The quantitative estimate of drug-likeness (QED) is 0.668. The van der Waals surface area contributed by atoms with Crippen molar-refractivity contribution >= 4 is 11.6 Å². The normalized spacial score (nSPS) is 19.4. The summed E-state index contributed by atoms with van der Waals surface area (Å²) in [6, 6.07) is 16.9. The summed E-state index contributed by atoms with van der Waals surface area (Å²) in [5.74, 6) is 6.33. The van der Waals surface area contributed by atoms with Crippen LogP contribution in [0.3, 0.4) is 0 Å². The van der Waals surface area contributed by atoms with Gasteiger partial charge in [-0.25, -0.2) is 0 Å². The summed E-state index contributed by atoms with van der Waals surface area (Å²) >= 11 is 5.96. The molecule has 0 spiro atoms. The minimum atomic E-state index is 0.181. The van der Waals surface area contributed by atoms with Gasteiger partial charge in [-0.2, -0.15) is 0 Å². The molecule has 0 saturated carbocycles. The first-order valence-electron chi connectivity index (χ1n) is 7.06. The fourth-order valence-corrected chi connectivity index (χ4v) is 3.31. The molecule has 1 aliphatic rings. The van der Waals surface area contributed by atoms with Gasteiger partial charge in [0, 0.05) is 11.1 Å². The maximum absolute atomic E-state index is 5.96. The van der Waals surface area contributed by atoms with E-state index < -0.39 is 0 Å². The maximum Gasteiger partial charge on any atom is 0.0491 e. The number of rotatable bonds is 3. The van der Waals surface area contributed by atoms with Gasteiger partial charge < -0.3 is 0 Å². The van der Waals surface area contributed by atoms with E-state index in [1.54, 1.807) is 0 Å². The first kappa shape index (κ1) is 13.6. The molecular formula is C17H19ClN2. The molecule has 0 radical (unpaired) electrons. The Morgan fingerprint density at radius 2 is 1.75 bits per heavy atom. The average molecular weight is 287 g/mol. The number of benzene rings is 2. The van der Waals surface area contributed by atoms with Crippen LogP contribution in [0.15, 0.2) is 48.5 Å². The Bertz CT molecular complexity index is 580. The van der Waals surface area contributed by atoms with Crippen LogP contribution in [0.4, 0.5) is 0 Å². The topological polar surface area (TPSA) is 38.0 Å². The molecule has 0 amide bonds. The number of aryl methyl sites for hydroxylation is 1. The smallest absolute Gasteiger partial charge is 0.0491 e. The molecule has 2 atom stereocenters. The molecule has 3 rings (SSSR count). The summed E-state index contributed by atoms with van der Waals surface area (Å²) < 4.78 is 0. The molecule has 3 N–H and O–H groups in total. The van der Waals surface area contributed by atoms with Gasteiger partial charge in [0.1, 0.15) is 0 Å². The van der Waals surface area contributed by atoms with Crippen molar-refractivity contribution in [2.45, 2.75) is 25.3 Å². The van der Waals surface area contributed by atoms with Gasteiger partial charge >= 0.3 is 0 Å². The standard InChI is InChI=1S/C17H19ClN2/c18-16-9-7-13(8-10-16)17(20-19)15-6-5-12-3-1-2-4-14(12)11-15/h1-4,7-10,15,17,20H,5-6,11,19H2. The van der Waals surface area contributed by atoms with Gasteiger partial charge in [-0.15, -0.1) is 0 Å². The zero-order valence-electron chi connectivity index (χ0n) is 11.4. The molecule has 0 heterocycles. The molecule has 1 aliphatic carbocycles. The summed E-state index contributed by atoms with van der Waals surface area (Å²) in [5.41, 5.74) is 7.14. The highest BCUT2D eigenvalue weighted by Gasteiger charge is 2.26. The minimum absolute atomic E-state index is 0.181. The Morgan fingerprint density at radius 3 is 2.45 bits per heavy atom. The average Bonchev–Trinajstić information content (AvgIpc) is 2.50. The Balaban J connectivity index is 1.83. The Hall–Kier alpha value is -1.35. The Kier molecular flexibility index (Phi) is 4.06. The number of hydrogen-bond donors (Lipinski definition) is 2. The maximum atomic E-state index is 5.96. The summed E-state index contributed by atoms with van der Waals surface area (Å²) in [6.07, 6.45) is 3.37. The number of hydrazine groups is 1. The van der Waals surface area contributed by atoms with E-state index in [9.17, 15) is 0 Å². The molecule has 0 aliphatic heterocycles. The van der Waals surface area contributed by atoms with Gasteiger partial charge in [0.2, 0.25) is 0 Å². The van der Waals surface area contributed by atoms with Crippen LogP contribution in [0.25, 0.3) is 0 Å². The van der Waals surface area contributed by atoms with E-state index in [2.05, 4.69) is 41.8 Å². The SMILES string of the molecule is NNC(c1ccc(Cl)cc1)C1CCc2ccccc2C1. The monoisotopic (exact) mass is 286 g/mol. The van der Waals surface area contributed by atoms with E-state index in [1.165, 1.54) is 16.7 Å². The van der Waals surface area contributed by atoms with Gasteiger partial charge in [-0.3, -0.25) is 11.3 Å². The minimum Gasteiger partial charge on any atom is -0.271 e. The highest BCUT2D eigenvalue weighted by molar-refractivity contribution is 6.30. The van der Waals surface area contributed by atoms with Crippen molar-refractivity contribution in [3.05, 3.63) is 70.2 Å².